The first-order chi connectivity index (χ1) is 14.6. The molecule has 2 saturated heterocycles. The van der Waals surface area contributed by atoms with E-state index in [1.54, 1.807) is 0 Å². The molecule has 2 atom stereocenters. The number of likely N-dealkylation sites (tertiary alicyclic amines) is 1. The zero-order valence-corrected chi connectivity index (χ0v) is 17.9. The molecule has 3 aliphatic heterocycles. The SMILES string of the molecule is Cc1noc(CN(C)Cc2ccc3n(c2=O)C[C@H]2C[C@@H]3CN(C3CCOCC3)C2)n1. The fourth-order valence-electron chi connectivity index (χ4n) is 5.48. The van der Waals surface area contributed by atoms with Crippen LogP contribution in [-0.4, -0.2) is 63.9 Å². The minimum Gasteiger partial charge on any atom is -0.381 e. The molecule has 2 fully saturated rings. The van der Waals surface area contributed by atoms with Crippen LogP contribution >= 0.6 is 0 Å². The average molecular weight is 414 g/mol. The summed E-state index contributed by atoms with van der Waals surface area (Å²) < 4.78 is 12.8. The normalized spacial score (nSPS) is 24.9. The van der Waals surface area contributed by atoms with E-state index in [2.05, 4.69) is 25.7 Å². The summed E-state index contributed by atoms with van der Waals surface area (Å²) in [5.41, 5.74) is 2.21. The van der Waals surface area contributed by atoms with Gasteiger partial charge in [-0.25, -0.2) is 0 Å². The highest BCUT2D eigenvalue weighted by molar-refractivity contribution is 5.22. The van der Waals surface area contributed by atoms with Gasteiger partial charge >= 0.3 is 0 Å². The van der Waals surface area contributed by atoms with E-state index in [1.165, 1.54) is 12.1 Å². The van der Waals surface area contributed by atoms with Gasteiger partial charge in [0.2, 0.25) is 5.89 Å². The molecular weight excluding hydrogens is 382 g/mol. The number of aryl methyl sites for hydroxylation is 1. The van der Waals surface area contributed by atoms with Crippen molar-refractivity contribution in [2.75, 3.05) is 33.4 Å². The Hall–Kier alpha value is -2.03. The van der Waals surface area contributed by atoms with Crippen LogP contribution in [0, 0.1) is 12.8 Å². The molecular formula is C22H31N5O3. The van der Waals surface area contributed by atoms with Crippen molar-refractivity contribution in [3.05, 3.63) is 45.5 Å². The van der Waals surface area contributed by atoms with Crippen LogP contribution < -0.4 is 5.56 Å². The third-order valence-electron chi connectivity index (χ3n) is 6.83. The van der Waals surface area contributed by atoms with Gasteiger partial charge in [-0.15, -0.1) is 0 Å². The second-order valence-electron chi connectivity index (χ2n) is 9.20. The van der Waals surface area contributed by atoms with Gasteiger partial charge in [0.05, 0.1) is 6.54 Å². The maximum atomic E-state index is 13.3. The summed E-state index contributed by atoms with van der Waals surface area (Å²) >= 11 is 0. The molecule has 0 saturated carbocycles. The fraction of sp³-hybridized carbons (Fsp3) is 0.682. The van der Waals surface area contributed by atoms with Crippen LogP contribution in [-0.2, 0) is 24.4 Å². The third-order valence-corrected chi connectivity index (χ3v) is 6.83. The second kappa shape index (κ2) is 8.24. The maximum absolute atomic E-state index is 13.3. The van der Waals surface area contributed by atoms with Crippen LogP contribution in [0.1, 0.15) is 48.2 Å². The Morgan fingerprint density at radius 1 is 1.17 bits per heavy atom. The molecule has 8 nitrogen and oxygen atoms in total. The summed E-state index contributed by atoms with van der Waals surface area (Å²) in [4.78, 5) is 22.2. The summed E-state index contributed by atoms with van der Waals surface area (Å²) in [6.45, 7) is 7.69. The molecule has 5 heterocycles. The van der Waals surface area contributed by atoms with Gasteiger partial charge in [0.1, 0.15) is 0 Å². The Bertz CT molecular complexity index is 948. The van der Waals surface area contributed by atoms with Crippen molar-refractivity contribution in [3.8, 4) is 0 Å². The lowest BCUT2D eigenvalue weighted by molar-refractivity contribution is 0.00582. The molecule has 8 heteroatoms. The van der Waals surface area contributed by atoms with Crippen molar-refractivity contribution < 1.29 is 9.26 Å². The molecule has 30 heavy (non-hydrogen) atoms. The quantitative estimate of drug-likeness (QED) is 0.739. The molecule has 0 aliphatic carbocycles. The molecule has 2 bridgehead atoms. The van der Waals surface area contributed by atoms with Gasteiger partial charge in [-0.2, -0.15) is 4.98 Å². The first-order valence-corrected chi connectivity index (χ1v) is 11.1. The van der Waals surface area contributed by atoms with E-state index < -0.39 is 0 Å². The zero-order valence-electron chi connectivity index (χ0n) is 17.9. The molecule has 3 aliphatic rings. The van der Waals surface area contributed by atoms with Crippen LogP contribution in [0.25, 0.3) is 0 Å². The molecule has 2 aromatic rings. The molecule has 0 unspecified atom stereocenters. The molecule has 162 valence electrons. The van der Waals surface area contributed by atoms with E-state index in [0.717, 1.165) is 51.3 Å². The Morgan fingerprint density at radius 3 is 2.77 bits per heavy atom. The summed E-state index contributed by atoms with van der Waals surface area (Å²) in [7, 11) is 1.98. The largest absolute Gasteiger partial charge is 0.381 e. The summed E-state index contributed by atoms with van der Waals surface area (Å²) in [6, 6.07) is 4.86. The molecule has 0 spiro atoms. The van der Waals surface area contributed by atoms with E-state index >= 15 is 0 Å². The highest BCUT2D eigenvalue weighted by Gasteiger charge is 2.37. The topological polar surface area (TPSA) is 76.6 Å². The number of rotatable bonds is 5. The first-order valence-electron chi connectivity index (χ1n) is 11.1. The van der Waals surface area contributed by atoms with Gasteiger partial charge in [0, 0.05) is 62.6 Å². The van der Waals surface area contributed by atoms with Crippen molar-refractivity contribution in [3.63, 3.8) is 0 Å². The van der Waals surface area contributed by atoms with Crippen LogP contribution in [0.5, 0.6) is 0 Å². The lowest BCUT2D eigenvalue weighted by atomic mass is 9.82. The van der Waals surface area contributed by atoms with E-state index in [0.29, 0.717) is 42.7 Å². The minimum atomic E-state index is 0.162. The van der Waals surface area contributed by atoms with Gasteiger partial charge in [-0.1, -0.05) is 11.2 Å². The monoisotopic (exact) mass is 413 g/mol. The number of fused-ring (bicyclic) bond motifs is 4. The second-order valence-corrected chi connectivity index (χ2v) is 9.20. The van der Waals surface area contributed by atoms with Crippen LogP contribution in [0.4, 0.5) is 0 Å². The van der Waals surface area contributed by atoms with Crippen molar-refractivity contribution in [1.82, 2.24) is 24.5 Å². The van der Waals surface area contributed by atoms with Crippen molar-refractivity contribution in [2.45, 2.75) is 57.8 Å². The lowest BCUT2D eigenvalue weighted by Gasteiger charge is -2.46. The van der Waals surface area contributed by atoms with E-state index in [-0.39, 0.29) is 5.56 Å². The molecule has 2 aromatic heterocycles. The predicted molar refractivity (Wildman–Crippen MR) is 111 cm³/mol. The van der Waals surface area contributed by atoms with Crippen molar-refractivity contribution >= 4 is 0 Å². The first kappa shape index (κ1) is 19.9. The van der Waals surface area contributed by atoms with Crippen LogP contribution in [0.2, 0.25) is 0 Å². The fourth-order valence-corrected chi connectivity index (χ4v) is 5.48. The number of piperidine rings is 1. The van der Waals surface area contributed by atoms with E-state index in [9.17, 15) is 4.79 Å². The third kappa shape index (κ3) is 3.96. The summed E-state index contributed by atoms with van der Waals surface area (Å²) in [6.07, 6.45) is 3.48. The molecule has 0 aromatic carbocycles. The lowest BCUT2D eigenvalue weighted by Crippen LogP contribution is -2.52. The number of hydrogen-bond donors (Lipinski definition) is 0. The molecule has 0 amide bonds. The Balaban J connectivity index is 1.31. The zero-order chi connectivity index (χ0) is 20.7. The number of nitrogens with zero attached hydrogens (tertiary/aromatic N) is 5. The van der Waals surface area contributed by atoms with E-state index in [4.69, 9.17) is 9.26 Å². The van der Waals surface area contributed by atoms with Crippen molar-refractivity contribution in [2.24, 2.45) is 5.92 Å². The average Bonchev–Trinajstić information content (AvgIpc) is 3.15. The number of pyridine rings is 1. The van der Waals surface area contributed by atoms with Crippen LogP contribution in [0.15, 0.2) is 21.5 Å². The molecule has 5 rings (SSSR count). The Morgan fingerprint density at radius 2 is 2.00 bits per heavy atom. The summed E-state index contributed by atoms with van der Waals surface area (Å²) in [5, 5.41) is 3.83. The van der Waals surface area contributed by atoms with Crippen LogP contribution in [0.3, 0.4) is 0 Å². The van der Waals surface area contributed by atoms with Crippen molar-refractivity contribution in [1.29, 1.82) is 0 Å². The highest BCUT2D eigenvalue weighted by Crippen LogP contribution is 2.37. The van der Waals surface area contributed by atoms with Gasteiger partial charge < -0.3 is 13.8 Å². The minimum absolute atomic E-state index is 0.162. The van der Waals surface area contributed by atoms with Gasteiger partial charge in [0.25, 0.3) is 5.56 Å². The Kier molecular flexibility index (Phi) is 5.47. The maximum Gasteiger partial charge on any atom is 0.255 e. The standard InChI is InChI=1S/C22H31N5O3/c1-15-23-21(30-24-15)14-25(2)12-17-3-4-20-18-9-16(11-27(20)22(17)28)10-26(13-18)19-5-7-29-8-6-19/h3-4,16,18-19H,5-14H2,1-2H3/t16-,18+/m0/s1. The predicted octanol–water partition coefficient (Wildman–Crippen LogP) is 1.77. The molecule has 0 N–H and O–H groups in total. The molecule has 0 radical (unpaired) electrons. The highest BCUT2D eigenvalue weighted by atomic mass is 16.5. The van der Waals surface area contributed by atoms with Gasteiger partial charge in [-0.05, 0) is 45.2 Å². The van der Waals surface area contributed by atoms with E-state index in [1.807, 2.05) is 24.9 Å². The summed E-state index contributed by atoms with van der Waals surface area (Å²) in [5.74, 6) is 2.23. The van der Waals surface area contributed by atoms with Gasteiger partial charge in [0.15, 0.2) is 5.82 Å². The smallest absolute Gasteiger partial charge is 0.255 e. The van der Waals surface area contributed by atoms with Gasteiger partial charge in [-0.3, -0.25) is 14.6 Å². The number of hydrogen-bond acceptors (Lipinski definition) is 7. The Labute approximate surface area is 176 Å². The number of aromatic nitrogens is 3. The number of ether oxygens (including phenoxy) is 1.